The molecular formula is C28H34N4O6S2. The van der Waals surface area contributed by atoms with Crippen LogP contribution < -0.4 is 25.4 Å². The highest BCUT2D eigenvalue weighted by Crippen LogP contribution is 2.40. The van der Waals surface area contributed by atoms with Gasteiger partial charge in [0.2, 0.25) is 0 Å². The van der Waals surface area contributed by atoms with Gasteiger partial charge in [-0.2, -0.15) is 0 Å². The summed E-state index contributed by atoms with van der Waals surface area (Å²) in [4.78, 5) is 29.3. The van der Waals surface area contributed by atoms with Crippen molar-refractivity contribution < 1.29 is 27.5 Å². The number of benzene rings is 2. The molecule has 3 aliphatic rings. The highest BCUT2D eigenvalue weighted by molar-refractivity contribution is 8.03. The number of allylic oxidation sites excluding steroid dienone is 1. The summed E-state index contributed by atoms with van der Waals surface area (Å²) in [5.74, 6) is 1.03. The van der Waals surface area contributed by atoms with Crippen molar-refractivity contribution in [3.05, 3.63) is 69.8 Å². The topological polar surface area (TPSA) is 126 Å². The van der Waals surface area contributed by atoms with Crippen LogP contribution in [0.5, 0.6) is 11.5 Å². The maximum absolute atomic E-state index is 13.1. The predicted molar refractivity (Wildman–Crippen MR) is 154 cm³/mol. The maximum Gasteiger partial charge on any atom is 0.253 e. The van der Waals surface area contributed by atoms with E-state index in [1.54, 1.807) is 48.2 Å². The number of ether oxygens (including phenoxy) is 2. The molecule has 2 heterocycles. The Labute approximate surface area is 238 Å². The van der Waals surface area contributed by atoms with Crippen molar-refractivity contribution in [2.75, 3.05) is 38.8 Å². The van der Waals surface area contributed by atoms with Gasteiger partial charge >= 0.3 is 0 Å². The van der Waals surface area contributed by atoms with Crippen LogP contribution in [0.4, 0.5) is 0 Å². The second kappa shape index (κ2) is 12.1. The van der Waals surface area contributed by atoms with Crippen molar-refractivity contribution in [3.8, 4) is 11.5 Å². The molecule has 0 bridgehead atoms. The molecule has 1 saturated heterocycles. The van der Waals surface area contributed by atoms with Gasteiger partial charge in [0, 0.05) is 47.4 Å². The Hall–Kier alpha value is -3.22. The molecule has 2 amide bonds. The predicted octanol–water partition coefficient (Wildman–Crippen LogP) is 2.48. The van der Waals surface area contributed by atoms with Crippen LogP contribution in [0.25, 0.3) is 0 Å². The molecule has 1 aliphatic carbocycles. The SMILES string of the molecule is COc1ccc(C(=O)NCc2cccc(C(=O)NC3NC4=C(C[C@@H](N5CCS(=O)(=O)CC5)CC4)S3)c2)cc1OC. The van der Waals surface area contributed by atoms with Crippen LogP contribution in [-0.2, 0) is 16.4 Å². The first-order valence-electron chi connectivity index (χ1n) is 13.2. The molecule has 2 aliphatic heterocycles. The number of carbonyl (C=O) groups is 2. The average Bonchev–Trinajstić information content (AvgIpc) is 3.37. The molecule has 0 radical (unpaired) electrons. The Morgan fingerprint density at radius 3 is 2.52 bits per heavy atom. The van der Waals surface area contributed by atoms with Crippen molar-refractivity contribution in [2.45, 2.75) is 37.3 Å². The zero-order valence-corrected chi connectivity index (χ0v) is 24.2. The van der Waals surface area contributed by atoms with Crippen LogP contribution in [0.2, 0.25) is 0 Å². The van der Waals surface area contributed by atoms with E-state index in [4.69, 9.17) is 9.47 Å². The molecule has 0 saturated carbocycles. The monoisotopic (exact) mass is 586 g/mol. The number of carbonyl (C=O) groups excluding carboxylic acids is 2. The molecule has 2 aromatic carbocycles. The van der Waals surface area contributed by atoms with Gasteiger partial charge < -0.3 is 25.4 Å². The van der Waals surface area contributed by atoms with E-state index in [1.165, 1.54) is 24.8 Å². The number of hydrogen-bond donors (Lipinski definition) is 3. The normalized spacial score (nSPS) is 22.1. The van der Waals surface area contributed by atoms with Crippen molar-refractivity contribution in [2.24, 2.45) is 0 Å². The summed E-state index contributed by atoms with van der Waals surface area (Å²) >= 11 is 1.62. The van der Waals surface area contributed by atoms with Gasteiger partial charge in [0.25, 0.3) is 11.8 Å². The third kappa shape index (κ3) is 6.56. The molecule has 0 aromatic heterocycles. The first kappa shape index (κ1) is 28.3. The van der Waals surface area contributed by atoms with Crippen molar-refractivity contribution in [1.82, 2.24) is 20.9 Å². The van der Waals surface area contributed by atoms with Crippen molar-refractivity contribution >= 4 is 33.4 Å². The summed E-state index contributed by atoms with van der Waals surface area (Å²) in [6, 6.07) is 12.5. The number of rotatable bonds is 8. The van der Waals surface area contributed by atoms with Crippen LogP contribution >= 0.6 is 11.8 Å². The summed E-state index contributed by atoms with van der Waals surface area (Å²) in [6.45, 7) is 1.46. The molecule has 12 heteroatoms. The first-order chi connectivity index (χ1) is 19.2. The number of methoxy groups -OCH3 is 2. The lowest BCUT2D eigenvalue weighted by molar-refractivity contribution is 0.0942. The quantitative estimate of drug-likeness (QED) is 0.428. The third-order valence-electron chi connectivity index (χ3n) is 7.50. The van der Waals surface area contributed by atoms with Gasteiger partial charge in [-0.1, -0.05) is 23.9 Å². The highest BCUT2D eigenvalue weighted by Gasteiger charge is 2.35. The van der Waals surface area contributed by atoms with Crippen LogP contribution in [0, 0.1) is 0 Å². The number of nitrogens with one attached hydrogen (secondary N) is 3. The van der Waals surface area contributed by atoms with Gasteiger partial charge in [0.1, 0.15) is 0 Å². The lowest BCUT2D eigenvalue weighted by atomic mass is 9.97. The fourth-order valence-corrected chi connectivity index (χ4v) is 7.72. The molecule has 214 valence electrons. The summed E-state index contributed by atoms with van der Waals surface area (Å²) in [7, 11) is 0.158. The highest BCUT2D eigenvalue weighted by atomic mass is 32.2. The molecule has 1 unspecified atom stereocenters. The molecule has 3 N–H and O–H groups in total. The molecule has 40 heavy (non-hydrogen) atoms. The summed E-state index contributed by atoms with van der Waals surface area (Å²) < 4.78 is 34.1. The van der Waals surface area contributed by atoms with E-state index in [2.05, 4.69) is 20.9 Å². The van der Waals surface area contributed by atoms with E-state index in [0.717, 1.165) is 24.8 Å². The Bertz CT molecular complexity index is 1410. The van der Waals surface area contributed by atoms with E-state index >= 15 is 0 Å². The fraction of sp³-hybridized carbons (Fsp3) is 0.429. The standard InChI is InChI=1S/C28H34N4O6S2/c1-37-23-9-6-20(15-24(23)38-2)26(33)29-17-18-4-3-5-19(14-18)27(34)31-28-30-22-8-7-21(16-25(22)39-28)32-10-12-40(35,36)13-11-32/h3-6,9,14-15,21,28,30H,7-8,10-13,16-17H2,1-2H3,(H,29,33)(H,31,34)/t21-,28?/m0/s1. The Morgan fingerprint density at radius 1 is 1.02 bits per heavy atom. The molecule has 5 rings (SSSR count). The minimum absolute atomic E-state index is 0.198. The molecule has 10 nitrogen and oxygen atoms in total. The van der Waals surface area contributed by atoms with Gasteiger partial charge in [0.05, 0.1) is 25.7 Å². The lowest BCUT2D eigenvalue weighted by Gasteiger charge is -2.36. The summed E-state index contributed by atoms with van der Waals surface area (Å²) in [6.07, 6.45) is 2.73. The molecule has 2 aromatic rings. The fourth-order valence-electron chi connectivity index (χ4n) is 5.25. The molecular weight excluding hydrogens is 552 g/mol. The van der Waals surface area contributed by atoms with Gasteiger partial charge in [-0.15, -0.1) is 0 Å². The number of amides is 2. The van der Waals surface area contributed by atoms with Crippen molar-refractivity contribution in [1.29, 1.82) is 0 Å². The zero-order valence-electron chi connectivity index (χ0n) is 22.6. The van der Waals surface area contributed by atoms with Gasteiger partial charge in [0.15, 0.2) is 26.8 Å². The minimum Gasteiger partial charge on any atom is -0.493 e. The smallest absolute Gasteiger partial charge is 0.253 e. The summed E-state index contributed by atoms with van der Waals surface area (Å²) in [5.41, 5.74) is 2.67. The van der Waals surface area contributed by atoms with E-state index in [-0.39, 0.29) is 35.4 Å². The van der Waals surface area contributed by atoms with E-state index < -0.39 is 9.84 Å². The third-order valence-corrected chi connectivity index (χ3v) is 10.3. The number of thioether (sulfide) groups is 1. The van der Waals surface area contributed by atoms with E-state index in [1.807, 2.05) is 6.07 Å². The van der Waals surface area contributed by atoms with Gasteiger partial charge in [-0.3, -0.25) is 14.5 Å². The zero-order chi connectivity index (χ0) is 28.3. The Morgan fingerprint density at radius 2 is 1.77 bits per heavy atom. The second-order valence-electron chi connectivity index (χ2n) is 10.1. The van der Waals surface area contributed by atoms with Gasteiger partial charge in [-0.25, -0.2) is 8.42 Å². The molecule has 0 spiro atoms. The van der Waals surface area contributed by atoms with Crippen LogP contribution in [0.3, 0.4) is 0 Å². The van der Waals surface area contributed by atoms with Crippen LogP contribution in [-0.4, -0.2) is 75.5 Å². The van der Waals surface area contributed by atoms with Crippen LogP contribution in [0.1, 0.15) is 45.5 Å². The van der Waals surface area contributed by atoms with E-state index in [0.29, 0.717) is 41.8 Å². The van der Waals surface area contributed by atoms with Crippen LogP contribution in [0.15, 0.2) is 53.1 Å². The first-order valence-corrected chi connectivity index (χ1v) is 15.9. The average molecular weight is 587 g/mol. The maximum atomic E-state index is 13.1. The summed E-state index contributed by atoms with van der Waals surface area (Å²) in [5, 5.41) is 9.39. The lowest BCUT2D eigenvalue weighted by Crippen LogP contribution is -2.46. The molecule has 2 atom stereocenters. The van der Waals surface area contributed by atoms with Gasteiger partial charge in [-0.05, 0) is 55.2 Å². The van der Waals surface area contributed by atoms with E-state index in [9.17, 15) is 18.0 Å². The number of sulfone groups is 1. The molecule has 1 fully saturated rings. The minimum atomic E-state index is -2.90. The Kier molecular flexibility index (Phi) is 8.57. The Balaban J connectivity index is 1.13. The second-order valence-corrected chi connectivity index (χ2v) is 13.6. The largest absolute Gasteiger partial charge is 0.493 e. The van der Waals surface area contributed by atoms with Crippen molar-refractivity contribution in [3.63, 3.8) is 0 Å². The number of hydrogen-bond acceptors (Lipinski definition) is 9. The number of nitrogens with zero attached hydrogens (tertiary/aromatic N) is 1.